The molecule has 0 unspecified atom stereocenters. The van der Waals surface area contributed by atoms with Crippen LogP contribution in [0.25, 0.3) is 16.8 Å². The molecular formula is C25H33N5O. The molecule has 1 amide bonds. The maximum Gasteiger partial charge on any atom is 0.254 e. The molecule has 0 aliphatic carbocycles. The van der Waals surface area contributed by atoms with Crippen molar-refractivity contribution in [2.45, 2.75) is 59.4 Å². The van der Waals surface area contributed by atoms with Crippen LogP contribution in [0, 0.1) is 20.8 Å². The zero-order valence-electron chi connectivity index (χ0n) is 19.1. The zero-order valence-corrected chi connectivity index (χ0v) is 19.1. The van der Waals surface area contributed by atoms with Gasteiger partial charge in [-0.15, -0.1) is 0 Å². The molecule has 0 saturated carbocycles. The summed E-state index contributed by atoms with van der Waals surface area (Å²) >= 11 is 0. The summed E-state index contributed by atoms with van der Waals surface area (Å²) in [5.74, 6) is -0.0798. The summed E-state index contributed by atoms with van der Waals surface area (Å²) in [6.45, 7) is 11.2. The lowest BCUT2D eigenvalue weighted by Gasteiger charge is -2.33. The molecular weight excluding hydrogens is 386 g/mol. The Kier molecular flexibility index (Phi) is 6.37. The van der Waals surface area contributed by atoms with Gasteiger partial charge in [0, 0.05) is 30.9 Å². The third-order valence-corrected chi connectivity index (χ3v) is 6.46. The second-order valence-electron chi connectivity index (χ2n) is 8.81. The van der Waals surface area contributed by atoms with Crippen LogP contribution in [0.1, 0.15) is 59.9 Å². The topological polar surface area (TPSA) is 62.5 Å². The van der Waals surface area contributed by atoms with Crippen LogP contribution in [0.4, 0.5) is 0 Å². The minimum Gasteiger partial charge on any atom is -0.352 e. The first-order chi connectivity index (χ1) is 15.0. The maximum atomic E-state index is 12.8. The second-order valence-corrected chi connectivity index (χ2v) is 8.81. The summed E-state index contributed by atoms with van der Waals surface area (Å²) < 4.78 is 1.80. The number of hydrogen-bond donors (Lipinski definition) is 1. The van der Waals surface area contributed by atoms with Crippen molar-refractivity contribution < 1.29 is 4.79 Å². The molecule has 3 heterocycles. The van der Waals surface area contributed by atoms with Gasteiger partial charge in [-0.05, 0) is 59.1 Å². The number of aryl methyl sites for hydroxylation is 3. The molecule has 3 aromatic rings. The van der Waals surface area contributed by atoms with Gasteiger partial charge in [-0.25, -0.2) is 9.50 Å². The second kappa shape index (κ2) is 9.18. The summed E-state index contributed by atoms with van der Waals surface area (Å²) in [6.07, 6.45) is 6.55. The number of benzene rings is 1. The number of nitrogens with one attached hydrogen (secondary N) is 1. The van der Waals surface area contributed by atoms with Gasteiger partial charge < -0.3 is 10.2 Å². The van der Waals surface area contributed by atoms with Crippen molar-refractivity contribution in [1.29, 1.82) is 0 Å². The number of fused-ring (bicyclic) bond motifs is 1. The fraction of sp³-hybridized carbons (Fsp3) is 0.480. The van der Waals surface area contributed by atoms with Crippen LogP contribution in [0.15, 0.2) is 30.5 Å². The number of carbonyl (C=O) groups excluding carboxylic acids is 1. The molecule has 1 aliphatic rings. The quantitative estimate of drug-likeness (QED) is 0.605. The van der Waals surface area contributed by atoms with Gasteiger partial charge in [0.1, 0.15) is 0 Å². The third kappa shape index (κ3) is 4.49. The number of carbonyl (C=O) groups is 1. The Labute approximate surface area is 184 Å². The van der Waals surface area contributed by atoms with Gasteiger partial charge in [0.2, 0.25) is 0 Å². The van der Waals surface area contributed by atoms with E-state index in [1.807, 2.05) is 19.9 Å². The van der Waals surface area contributed by atoms with Crippen LogP contribution in [0.5, 0.6) is 0 Å². The van der Waals surface area contributed by atoms with Crippen LogP contribution < -0.4 is 5.32 Å². The normalized spacial score (nSPS) is 17.2. The molecule has 164 valence electrons. The minimum atomic E-state index is -0.0798. The Morgan fingerprint density at radius 3 is 2.84 bits per heavy atom. The Bertz CT molecular complexity index is 1090. The van der Waals surface area contributed by atoms with E-state index in [1.165, 1.54) is 31.4 Å². The summed E-state index contributed by atoms with van der Waals surface area (Å²) in [6, 6.07) is 9.01. The molecule has 0 bridgehead atoms. The molecule has 0 radical (unpaired) electrons. The smallest absolute Gasteiger partial charge is 0.254 e. The minimum absolute atomic E-state index is 0.0798. The highest BCUT2D eigenvalue weighted by Gasteiger charge is 2.20. The number of rotatable bonds is 6. The van der Waals surface area contributed by atoms with E-state index in [9.17, 15) is 4.79 Å². The summed E-state index contributed by atoms with van der Waals surface area (Å²) in [5.41, 5.74) is 6.41. The highest BCUT2D eigenvalue weighted by molar-refractivity contribution is 5.95. The predicted molar refractivity (Wildman–Crippen MR) is 124 cm³/mol. The third-order valence-electron chi connectivity index (χ3n) is 6.46. The zero-order chi connectivity index (χ0) is 22.0. The Morgan fingerprint density at radius 1 is 1.23 bits per heavy atom. The van der Waals surface area contributed by atoms with Crippen molar-refractivity contribution in [3.63, 3.8) is 0 Å². The lowest BCUT2D eigenvalue weighted by atomic mass is 10.0. The van der Waals surface area contributed by atoms with Crippen LogP contribution >= 0.6 is 0 Å². The molecule has 6 nitrogen and oxygen atoms in total. The molecule has 1 fully saturated rings. The van der Waals surface area contributed by atoms with Gasteiger partial charge in [-0.3, -0.25) is 4.79 Å². The summed E-state index contributed by atoms with van der Waals surface area (Å²) in [5, 5.41) is 7.77. The fourth-order valence-corrected chi connectivity index (χ4v) is 4.63. The van der Waals surface area contributed by atoms with Gasteiger partial charge in [0.15, 0.2) is 5.65 Å². The first kappa shape index (κ1) is 21.5. The molecule has 6 heteroatoms. The number of nitrogens with zero attached hydrogens (tertiary/aromatic N) is 4. The Balaban J connectivity index is 1.47. The van der Waals surface area contributed by atoms with Gasteiger partial charge >= 0.3 is 0 Å². The van der Waals surface area contributed by atoms with Crippen molar-refractivity contribution >= 4 is 11.6 Å². The van der Waals surface area contributed by atoms with E-state index < -0.39 is 0 Å². The predicted octanol–water partition coefficient (Wildman–Crippen LogP) is 4.32. The van der Waals surface area contributed by atoms with Gasteiger partial charge in [0.05, 0.1) is 17.0 Å². The van der Waals surface area contributed by atoms with Crippen molar-refractivity contribution in [1.82, 2.24) is 24.8 Å². The lowest BCUT2D eigenvalue weighted by Crippen LogP contribution is -2.39. The van der Waals surface area contributed by atoms with E-state index in [0.29, 0.717) is 18.2 Å². The molecule has 1 saturated heterocycles. The van der Waals surface area contributed by atoms with Crippen LogP contribution in [0.3, 0.4) is 0 Å². The summed E-state index contributed by atoms with van der Waals surface area (Å²) in [4.78, 5) is 20.0. The highest BCUT2D eigenvalue weighted by atomic mass is 16.1. The van der Waals surface area contributed by atoms with E-state index in [-0.39, 0.29) is 5.91 Å². The Morgan fingerprint density at radius 2 is 2.06 bits per heavy atom. The molecule has 4 rings (SSSR count). The molecule has 0 spiro atoms. The molecule has 1 aliphatic heterocycles. The monoisotopic (exact) mass is 419 g/mol. The fourth-order valence-electron chi connectivity index (χ4n) is 4.63. The van der Waals surface area contributed by atoms with E-state index in [1.54, 1.807) is 10.7 Å². The van der Waals surface area contributed by atoms with Crippen molar-refractivity contribution in [2.24, 2.45) is 0 Å². The number of likely N-dealkylation sites (tertiary alicyclic amines) is 1. The number of amides is 1. The molecule has 31 heavy (non-hydrogen) atoms. The number of aromatic nitrogens is 3. The molecule has 1 N–H and O–H groups in total. The van der Waals surface area contributed by atoms with Crippen molar-refractivity contribution in [2.75, 3.05) is 19.6 Å². The molecule has 1 aromatic carbocycles. The number of piperidine rings is 1. The van der Waals surface area contributed by atoms with Gasteiger partial charge in [-0.2, -0.15) is 5.10 Å². The van der Waals surface area contributed by atoms with Crippen molar-refractivity contribution in [3.8, 4) is 11.1 Å². The van der Waals surface area contributed by atoms with Crippen LogP contribution in [0.2, 0.25) is 0 Å². The standard InChI is InChI=1S/C25H33N5O/c1-17-9-7-11-21(15-17)23-19(3)28-30-20(4)22(16-27-24(23)30)25(31)26-12-8-14-29-13-6-5-10-18(29)2/h7,9,11,15-16,18H,5-6,8,10,12-14H2,1-4H3,(H,26,31)/t18-/m0/s1. The van der Waals surface area contributed by atoms with E-state index in [2.05, 4.69) is 47.2 Å². The van der Waals surface area contributed by atoms with Gasteiger partial charge in [0.25, 0.3) is 5.91 Å². The van der Waals surface area contributed by atoms with E-state index in [0.717, 1.165) is 41.1 Å². The average Bonchev–Trinajstić information content (AvgIpc) is 3.09. The van der Waals surface area contributed by atoms with Crippen molar-refractivity contribution in [3.05, 3.63) is 53.0 Å². The van der Waals surface area contributed by atoms with E-state index >= 15 is 0 Å². The SMILES string of the molecule is Cc1cccc(-c2c(C)nn3c(C)c(C(=O)NCCCN4CCCC[C@@H]4C)cnc23)c1. The first-order valence-corrected chi connectivity index (χ1v) is 11.4. The maximum absolute atomic E-state index is 12.8. The largest absolute Gasteiger partial charge is 0.352 e. The summed E-state index contributed by atoms with van der Waals surface area (Å²) in [7, 11) is 0. The van der Waals surface area contributed by atoms with Crippen LogP contribution in [-0.2, 0) is 0 Å². The average molecular weight is 420 g/mol. The van der Waals surface area contributed by atoms with Gasteiger partial charge in [-0.1, -0.05) is 36.2 Å². The number of hydrogen-bond acceptors (Lipinski definition) is 4. The lowest BCUT2D eigenvalue weighted by molar-refractivity contribution is 0.0947. The van der Waals surface area contributed by atoms with Crippen LogP contribution in [-0.4, -0.2) is 51.1 Å². The molecule has 2 aromatic heterocycles. The highest BCUT2D eigenvalue weighted by Crippen LogP contribution is 2.28. The first-order valence-electron chi connectivity index (χ1n) is 11.4. The molecule has 1 atom stereocenters. The Hall–Kier alpha value is -2.73. The van der Waals surface area contributed by atoms with E-state index in [4.69, 9.17) is 5.10 Å².